The van der Waals surface area contributed by atoms with Crippen LogP contribution >= 0.6 is 0 Å². The van der Waals surface area contributed by atoms with Crippen molar-refractivity contribution in [1.82, 2.24) is 19.1 Å². The summed E-state index contributed by atoms with van der Waals surface area (Å²) in [5, 5.41) is 0. The van der Waals surface area contributed by atoms with Crippen LogP contribution in [0.3, 0.4) is 0 Å². The molecule has 0 aliphatic rings. The number of fused-ring (bicyclic) bond motifs is 1. The fourth-order valence-electron chi connectivity index (χ4n) is 2.36. The molecule has 5 heteroatoms. The van der Waals surface area contributed by atoms with Crippen molar-refractivity contribution in [3.05, 3.63) is 59.0 Å². The topological polar surface area (TPSA) is 52.7 Å². The molecule has 102 valence electrons. The third-order valence-electron chi connectivity index (χ3n) is 3.36. The van der Waals surface area contributed by atoms with Crippen LogP contribution < -0.4 is 5.56 Å². The van der Waals surface area contributed by atoms with Gasteiger partial charge in [-0.1, -0.05) is 12.1 Å². The SMILES string of the molecule is CC(C)n1ccnc1Cn1c(=O)cnc2ccccc21. The van der Waals surface area contributed by atoms with Crippen LogP contribution in [0.1, 0.15) is 25.7 Å². The lowest BCUT2D eigenvalue weighted by Gasteiger charge is -2.13. The third kappa shape index (κ3) is 2.11. The number of para-hydroxylation sites is 2. The van der Waals surface area contributed by atoms with E-state index in [0.717, 1.165) is 16.9 Å². The first-order valence-corrected chi connectivity index (χ1v) is 6.63. The molecule has 2 aromatic heterocycles. The van der Waals surface area contributed by atoms with Gasteiger partial charge in [-0.25, -0.2) is 9.97 Å². The Morgan fingerprint density at radius 3 is 2.80 bits per heavy atom. The zero-order chi connectivity index (χ0) is 14.1. The summed E-state index contributed by atoms with van der Waals surface area (Å²) in [6.45, 7) is 4.64. The van der Waals surface area contributed by atoms with Crippen molar-refractivity contribution >= 4 is 11.0 Å². The van der Waals surface area contributed by atoms with Crippen LogP contribution in [0.4, 0.5) is 0 Å². The highest BCUT2D eigenvalue weighted by molar-refractivity contribution is 5.74. The van der Waals surface area contributed by atoms with E-state index in [9.17, 15) is 4.79 Å². The van der Waals surface area contributed by atoms with Gasteiger partial charge in [-0.3, -0.25) is 9.36 Å². The Bertz CT molecular complexity index is 801. The quantitative estimate of drug-likeness (QED) is 0.732. The molecule has 0 aliphatic carbocycles. The van der Waals surface area contributed by atoms with Gasteiger partial charge in [-0.2, -0.15) is 0 Å². The van der Waals surface area contributed by atoms with E-state index in [-0.39, 0.29) is 5.56 Å². The van der Waals surface area contributed by atoms with Crippen LogP contribution in [-0.2, 0) is 6.54 Å². The highest BCUT2D eigenvalue weighted by atomic mass is 16.1. The minimum Gasteiger partial charge on any atom is -0.331 e. The Hall–Kier alpha value is -2.43. The van der Waals surface area contributed by atoms with Crippen molar-refractivity contribution in [2.24, 2.45) is 0 Å². The maximum Gasteiger partial charge on any atom is 0.269 e. The number of imidazole rings is 1. The molecular weight excluding hydrogens is 252 g/mol. The second kappa shape index (κ2) is 4.92. The van der Waals surface area contributed by atoms with Crippen molar-refractivity contribution in [3.63, 3.8) is 0 Å². The smallest absolute Gasteiger partial charge is 0.269 e. The van der Waals surface area contributed by atoms with Crippen LogP contribution in [0, 0.1) is 0 Å². The van der Waals surface area contributed by atoms with Crippen molar-refractivity contribution in [2.45, 2.75) is 26.4 Å². The molecule has 0 saturated carbocycles. The lowest BCUT2D eigenvalue weighted by atomic mass is 10.3. The average molecular weight is 268 g/mol. The van der Waals surface area contributed by atoms with E-state index in [1.165, 1.54) is 6.20 Å². The zero-order valence-corrected chi connectivity index (χ0v) is 11.5. The molecule has 0 spiro atoms. The van der Waals surface area contributed by atoms with E-state index in [1.807, 2.05) is 30.5 Å². The molecule has 3 rings (SSSR count). The number of rotatable bonds is 3. The lowest BCUT2D eigenvalue weighted by Crippen LogP contribution is -2.23. The van der Waals surface area contributed by atoms with Gasteiger partial charge >= 0.3 is 0 Å². The number of hydrogen-bond donors (Lipinski definition) is 0. The van der Waals surface area contributed by atoms with Crippen molar-refractivity contribution < 1.29 is 0 Å². The van der Waals surface area contributed by atoms with E-state index >= 15 is 0 Å². The summed E-state index contributed by atoms with van der Waals surface area (Å²) in [6, 6.07) is 7.96. The maximum atomic E-state index is 12.1. The number of hydrogen-bond acceptors (Lipinski definition) is 3. The summed E-state index contributed by atoms with van der Waals surface area (Å²) in [4.78, 5) is 20.6. The number of aromatic nitrogens is 4. The Balaban J connectivity index is 2.13. The standard InChI is InChI=1S/C15H16N4O/c1-11(2)18-8-7-16-14(18)10-19-13-6-4-3-5-12(13)17-9-15(19)20/h3-9,11H,10H2,1-2H3. The van der Waals surface area contributed by atoms with Gasteiger partial charge in [0.2, 0.25) is 0 Å². The van der Waals surface area contributed by atoms with E-state index in [1.54, 1.807) is 10.8 Å². The predicted molar refractivity (Wildman–Crippen MR) is 77.7 cm³/mol. The monoisotopic (exact) mass is 268 g/mol. The molecule has 2 heterocycles. The molecule has 0 amide bonds. The van der Waals surface area contributed by atoms with Gasteiger partial charge in [0.05, 0.1) is 23.8 Å². The van der Waals surface area contributed by atoms with Gasteiger partial charge in [0.25, 0.3) is 5.56 Å². The van der Waals surface area contributed by atoms with Gasteiger partial charge in [0.15, 0.2) is 0 Å². The van der Waals surface area contributed by atoms with E-state index in [2.05, 4.69) is 28.4 Å². The van der Waals surface area contributed by atoms with E-state index < -0.39 is 0 Å². The summed E-state index contributed by atoms with van der Waals surface area (Å²) in [6.07, 6.45) is 5.07. The molecule has 1 aromatic carbocycles. The molecule has 0 fully saturated rings. The molecule has 0 unspecified atom stereocenters. The first-order valence-electron chi connectivity index (χ1n) is 6.63. The Labute approximate surface area is 116 Å². The summed E-state index contributed by atoms with van der Waals surface area (Å²) in [5.74, 6) is 0.874. The highest BCUT2D eigenvalue weighted by Gasteiger charge is 2.10. The summed E-state index contributed by atoms with van der Waals surface area (Å²) in [5.41, 5.74) is 1.54. The average Bonchev–Trinajstić information content (AvgIpc) is 2.90. The number of nitrogens with zero attached hydrogens (tertiary/aromatic N) is 4. The molecule has 0 aliphatic heterocycles. The van der Waals surface area contributed by atoms with Gasteiger partial charge in [0, 0.05) is 18.4 Å². The second-order valence-electron chi connectivity index (χ2n) is 5.02. The Morgan fingerprint density at radius 1 is 1.20 bits per heavy atom. The summed E-state index contributed by atoms with van der Waals surface area (Å²) < 4.78 is 3.78. The highest BCUT2D eigenvalue weighted by Crippen LogP contribution is 2.12. The second-order valence-corrected chi connectivity index (χ2v) is 5.02. The summed E-state index contributed by atoms with van der Waals surface area (Å²) >= 11 is 0. The van der Waals surface area contributed by atoms with Crippen LogP contribution in [-0.4, -0.2) is 19.1 Å². The largest absolute Gasteiger partial charge is 0.331 e. The van der Waals surface area contributed by atoms with Crippen molar-refractivity contribution in [2.75, 3.05) is 0 Å². The number of benzene rings is 1. The third-order valence-corrected chi connectivity index (χ3v) is 3.36. The first-order chi connectivity index (χ1) is 9.66. The van der Waals surface area contributed by atoms with Crippen LogP contribution in [0.2, 0.25) is 0 Å². The summed E-state index contributed by atoms with van der Waals surface area (Å²) in [7, 11) is 0. The molecule has 0 radical (unpaired) electrons. The Morgan fingerprint density at radius 2 is 2.00 bits per heavy atom. The fourth-order valence-corrected chi connectivity index (χ4v) is 2.36. The molecule has 0 N–H and O–H groups in total. The zero-order valence-electron chi connectivity index (χ0n) is 11.5. The predicted octanol–water partition coefficient (Wildman–Crippen LogP) is 2.22. The van der Waals surface area contributed by atoms with Gasteiger partial charge in [-0.05, 0) is 26.0 Å². The minimum atomic E-state index is -0.109. The molecular formula is C15H16N4O. The van der Waals surface area contributed by atoms with Crippen LogP contribution in [0.25, 0.3) is 11.0 Å². The van der Waals surface area contributed by atoms with E-state index in [4.69, 9.17) is 0 Å². The molecule has 0 saturated heterocycles. The minimum absolute atomic E-state index is 0.109. The van der Waals surface area contributed by atoms with Gasteiger partial charge < -0.3 is 4.57 Å². The molecule has 0 bridgehead atoms. The van der Waals surface area contributed by atoms with E-state index in [0.29, 0.717) is 12.6 Å². The lowest BCUT2D eigenvalue weighted by molar-refractivity contribution is 0.553. The van der Waals surface area contributed by atoms with Crippen molar-refractivity contribution in [3.8, 4) is 0 Å². The van der Waals surface area contributed by atoms with Gasteiger partial charge in [0.1, 0.15) is 5.82 Å². The molecule has 20 heavy (non-hydrogen) atoms. The van der Waals surface area contributed by atoms with Gasteiger partial charge in [-0.15, -0.1) is 0 Å². The maximum absolute atomic E-state index is 12.1. The molecule has 5 nitrogen and oxygen atoms in total. The van der Waals surface area contributed by atoms with Crippen LogP contribution in [0.5, 0.6) is 0 Å². The van der Waals surface area contributed by atoms with Crippen molar-refractivity contribution in [1.29, 1.82) is 0 Å². The Kier molecular flexibility index (Phi) is 3.10. The normalized spacial score (nSPS) is 11.3. The fraction of sp³-hybridized carbons (Fsp3) is 0.267. The molecule has 3 aromatic rings. The molecule has 0 atom stereocenters. The van der Waals surface area contributed by atoms with Crippen LogP contribution in [0.15, 0.2) is 47.7 Å². The first kappa shape index (κ1) is 12.6.